The van der Waals surface area contributed by atoms with Crippen molar-refractivity contribution in [1.82, 2.24) is 15.5 Å². The molecule has 4 heteroatoms. The first kappa shape index (κ1) is 13.8. The molecule has 0 radical (unpaired) electrons. The number of nitrogens with zero attached hydrogens (tertiary/aromatic N) is 1. The minimum absolute atomic E-state index is 0.197. The zero-order valence-corrected chi connectivity index (χ0v) is 11.7. The highest BCUT2D eigenvalue weighted by Crippen LogP contribution is 2.24. The maximum Gasteiger partial charge on any atom is 0.234 e. The molecule has 0 aliphatic carbocycles. The highest BCUT2D eigenvalue weighted by Gasteiger charge is 2.34. The summed E-state index contributed by atoms with van der Waals surface area (Å²) < 4.78 is 0. The lowest BCUT2D eigenvalue weighted by molar-refractivity contribution is -0.122. The summed E-state index contributed by atoms with van der Waals surface area (Å²) in [6.07, 6.45) is 4.65. The number of amides is 1. The molecular weight excluding hydrogens is 226 g/mol. The average Bonchev–Trinajstić information content (AvgIpc) is 2.77. The number of hydrogen-bond acceptors (Lipinski definition) is 3. The van der Waals surface area contributed by atoms with Gasteiger partial charge < -0.3 is 10.6 Å². The molecular formula is C14H27N3O. The molecule has 0 bridgehead atoms. The molecule has 18 heavy (non-hydrogen) atoms. The first-order valence-corrected chi connectivity index (χ1v) is 7.48. The van der Waals surface area contributed by atoms with Crippen LogP contribution in [0.15, 0.2) is 0 Å². The molecule has 2 N–H and O–H groups in total. The molecule has 2 fully saturated rings. The fourth-order valence-corrected chi connectivity index (χ4v) is 3.23. The molecule has 0 aromatic carbocycles. The number of piperidine rings is 1. The van der Waals surface area contributed by atoms with Gasteiger partial charge in [0.1, 0.15) is 0 Å². The molecule has 2 atom stereocenters. The van der Waals surface area contributed by atoms with E-state index in [1.165, 1.54) is 12.8 Å². The van der Waals surface area contributed by atoms with Crippen molar-refractivity contribution in [3.05, 3.63) is 0 Å². The maximum atomic E-state index is 12.0. The van der Waals surface area contributed by atoms with Crippen molar-refractivity contribution in [3.63, 3.8) is 0 Å². The Morgan fingerprint density at radius 2 is 2.17 bits per heavy atom. The van der Waals surface area contributed by atoms with E-state index in [4.69, 9.17) is 0 Å². The fraction of sp³-hybridized carbons (Fsp3) is 0.929. The SMILES string of the molecule is CCC(CC)NC(=O)CN1C[C@@H]2CCCN[C@@H]2C1. The zero-order valence-electron chi connectivity index (χ0n) is 11.7. The normalized spacial score (nSPS) is 28.4. The molecule has 0 spiro atoms. The van der Waals surface area contributed by atoms with E-state index in [2.05, 4.69) is 29.4 Å². The van der Waals surface area contributed by atoms with Gasteiger partial charge in [-0.1, -0.05) is 13.8 Å². The van der Waals surface area contributed by atoms with Crippen molar-refractivity contribution in [3.8, 4) is 0 Å². The largest absolute Gasteiger partial charge is 0.352 e. The summed E-state index contributed by atoms with van der Waals surface area (Å²) in [4.78, 5) is 14.3. The van der Waals surface area contributed by atoms with Gasteiger partial charge in [-0.25, -0.2) is 0 Å². The number of rotatable bonds is 5. The molecule has 1 amide bonds. The third-order valence-electron chi connectivity index (χ3n) is 4.39. The number of likely N-dealkylation sites (tertiary alicyclic amines) is 1. The lowest BCUT2D eigenvalue weighted by Crippen LogP contribution is -2.42. The predicted octanol–water partition coefficient (Wildman–Crippen LogP) is 0.975. The van der Waals surface area contributed by atoms with E-state index in [0.717, 1.165) is 38.4 Å². The molecule has 0 saturated carbocycles. The van der Waals surface area contributed by atoms with Crippen LogP contribution < -0.4 is 10.6 Å². The van der Waals surface area contributed by atoms with Crippen LogP contribution in [0.4, 0.5) is 0 Å². The number of carbonyl (C=O) groups is 1. The maximum absolute atomic E-state index is 12.0. The standard InChI is InChI=1S/C14H27N3O/c1-3-12(4-2)16-14(18)10-17-8-11-6-5-7-15-13(11)9-17/h11-13,15H,3-10H2,1-2H3,(H,16,18)/t11-,13+/m0/s1. The Balaban J connectivity index is 1.75. The van der Waals surface area contributed by atoms with E-state index in [-0.39, 0.29) is 5.91 Å². The van der Waals surface area contributed by atoms with Crippen LogP contribution in [0.2, 0.25) is 0 Å². The molecule has 104 valence electrons. The van der Waals surface area contributed by atoms with Crippen molar-refractivity contribution < 1.29 is 4.79 Å². The lowest BCUT2D eigenvalue weighted by Gasteiger charge is -2.24. The van der Waals surface area contributed by atoms with E-state index >= 15 is 0 Å². The number of hydrogen-bond donors (Lipinski definition) is 2. The van der Waals surface area contributed by atoms with Crippen LogP contribution in [-0.2, 0) is 4.79 Å². The van der Waals surface area contributed by atoms with E-state index in [1.807, 2.05) is 0 Å². The van der Waals surface area contributed by atoms with E-state index in [1.54, 1.807) is 0 Å². The van der Waals surface area contributed by atoms with E-state index in [9.17, 15) is 4.79 Å². The summed E-state index contributed by atoms with van der Waals surface area (Å²) in [5.41, 5.74) is 0. The van der Waals surface area contributed by atoms with Crippen LogP contribution >= 0.6 is 0 Å². The molecule has 4 nitrogen and oxygen atoms in total. The van der Waals surface area contributed by atoms with Gasteiger partial charge in [-0.05, 0) is 38.1 Å². The van der Waals surface area contributed by atoms with Gasteiger partial charge in [-0.2, -0.15) is 0 Å². The third kappa shape index (κ3) is 3.45. The van der Waals surface area contributed by atoms with Crippen LogP contribution in [0.5, 0.6) is 0 Å². The molecule has 0 aromatic heterocycles. The number of fused-ring (bicyclic) bond motifs is 1. The summed E-state index contributed by atoms with van der Waals surface area (Å²) in [6, 6.07) is 0.972. The van der Waals surface area contributed by atoms with Gasteiger partial charge in [-0.3, -0.25) is 9.69 Å². The summed E-state index contributed by atoms with van der Waals surface area (Å²) in [5, 5.41) is 6.70. The van der Waals surface area contributed by atoms with Gasteiger partial charge >= 0.3 is 0 Å². The Bertz CT molecular complexity index is 264. The van der Waals surface area contributed by atoms with Crippen molar-refractivity contribution in [2.75, 3.05) is 26.2 Å². The van der Waals surface area contributed by atoms with Crippen LogP contribution in [-0.4, -0.2) is 49.1 Å². The molecule has 0 aromatic rings. The monoisotopic (exact) mass is 253 g/mol. The fourth-order valence-electron chi connectivity index (χ4n) is 3.23. The Labute approximate surface area is 110 Å². The predicted molar refractivity (Wildman–Crippen MR) is 73.5 cm³/mol. The first-order chi connectivity index (χ1) is 8.72. The average molecular weight is 253 g/mol. The van der Waals surface area contributed by atoms with Gasteiger partial charge in [0.05, 0.1) is 6.54 Å². The number of carbonyl (C=O) groups excluding carboxylic acids is 1. The summed E-state index contributed by atoms with van der Waals surface area (Å²) >= 11 is 0. The minimum Gasteiger partial charge on any atom is -0.352 e. The van der Waals surface area contributed by atoms with Gasteiger partial charge in [0.2, 0.25) is 5.91 Å². The van der Waals surface area contributed by atoms with Gasteiger partial charge in [-0.15, -0.1) is 0 Å². The molecule has 2 rings (SSSR count). The molecule has 0 unspecified atom stereocenters. The minimum atomic E-state index is 0.197. The molecule has 2 aliphatic heterocycles. The quantitative estimate of drug-likeness (QED) is 0.767. The van der Waals surface area contributed by atoms with Crippen molar-refractivity contribution in [2.45, 2.75) is 51.6 Å². The van der Waals surface area contributed by atoms with Gasteiger partial charge in [0.15, 0.2) is 0 Å². The zero-order chi connectivity index (χ0) is 13.0. The van der Waals surface area contributed by atoms with Crippen molar-refractivity contribution in [1.29, 1.82) is 0 Å². The van der Waals surface area contributed by atoms with Crippen LogP contribution in [0.25, 0.3) is 0 Å². The van der Waals surface area contributed by atoms with Crippen LogP contribution in [0.1, 0.15) is 39.5 Å². The topological polar surface area (TPSA) is 44.4 Å². The Hall–Kier alpha value is -0.610. The molecule has 2 aliphatic rings. The van der Waals surface area contributed by atoms with Crippen molar-refractivity contribution >= 4 is 5.91 Å². The highest BCUT2D eigenvalue weighted by atomic mass is 16.2. The molecule has 2 heterocycles. The Morgan fingerprint density at radius 1 is 1.39 bits per heavy atom. The van der Waals surface area contributed by atoms with Crippen LogP contribution in [0, 0.1) is 5.92 Å². The number of nitrogens with one attached hydrogen (secondary N) is 2. The summed E-state index contributed by atoms with van der Waals surface area (Å²) in [7, 11) is 0. The van der Waals surface area contributed by atoms with Gasteiger partial charge in [0.25, 0.3) is 0 Å². The third-order valence-corrected chi connectivity index (χ3v) is 4.39. The first-order valence-electron chi connectivity index (χ1n) is 7.48. The second kappa shape index (κ2) is 6.53. The van der Waals surface area contributed by atoms with Crippen LogP contribution in [0.3, 0.4) is 0 Å². The second-order valence-corrected chi connectivity index (χ2v) is 5.74. The van der Waals surface area contributed by atoms with E-state index in [0.29, 0.717) is 18.6 Å². The second-order valence-electron chi connectivity index (χ2n) is 5.74. The highest BCUT2D eigenvalue weighted by molar-refractivity contribution is 5.78. The Morgan fingerprint density at radius 3 is 2.83 bits per heavy atom. The smallest absolute Gasteiger partial charge is 0.234 e. The van der Waals surface area contributed by atoms with Gasteiger partial charge in [0, 0.05) is 25.2 Å². The summed E-state index contributed by atoms with van der Waals surface area (Å²) in [6.45, 7) is 8.11. The summed E-state index contributed by atoms with van der Waals surface area (Å²) in [5.74, 6) is 0.960. The molecule has 2 saturated heterocycles. The van der Waals surface area contributed by atoms with E-state index < -0.39 is 0 Å². The lowest BCUT2D eigenvalue weighted by atomic mass is 9.94. The van der Waals surface area contributed by atoms with Crippen molar-refractivity contribution in [2.24, 2.45) is 5.92 Å². The Kier molecular flexibility index (Phi) is 5.01.